The van der Waals surface area contributed by atoms with Crippen molar-refractivity contribution in [2.24, 2.45) is 0 Å². The van der Waals surface area contributed by atoms with Crippen molar-refractivity contribution in [1.29, 1.82) is 0 Å². The average molecular weight is 479 g/mol. The number of hydrogen-bond donors (Lipinski definition) is 2. The summed E-state index contributed by atoms with van der Waals surface area (Å²) in [5, 5.41) is 2.68. The first-order chi connectivity index (χ1) is 12.5. The molecule has 0 unspecified atom stereocenters. The molecule has 2 aromatic carbocycles. The summed E-state index contributed by atoms with van der Waals surface area (Å²) >= 11 is 2.06. The van der Waals surface area contributed by atoms with E-state index in [0.29, 0.717) is 11.4 Å². The molecule has 6 nitrogen and oxygen atoms in total. The fourth-order valence-electron chi connectivity index (χ4n) is 2.16. The Labute approximate surface area is 164 Å². The van der Waals surface area contributed by atoms with Crippen molar-refractivity contribution in [3.63, 3.8) is 0 Å². The first-order valence-corrected chi connectivity index (χ1v) is 10.1. The third kappa shape index (κ3) is 4.38. The number of nitrogens with one attached hydrogen (secondary N) is 2. The fraction of sp³-hybridized carbons (Fsp3) is 0. The number of hydrogen-bond acceptors (Lipinski definition) is 4. The number of aromatic nitrogens is 1. The summed E-state index contributed by atoms with van der Waals surface area (Å²) in [5.74, 6) is -0.363. The highest BCUT2D eigenvalue weighted by molar-refractivity contribution is 14.1. The smallest absolute Gasteiger partial charge is 0.274 e. The fourth-order valence-corrected chi connectivity index (χ4v) is 3.94. The van der Waals surface area contributed by atoms with Crippen LogP contribution >= 0.6 is 22.6 Å². The van der Waals surface area contributed by atoms with Gasteiger partial charge in [0.1, 0.15) is 5.69 Å². The molecule has 1 heterocycles. The first-order valence-electron chi connectivity index (χ1n) is 7.55. The Bertz CT molecular complexity index is 1020. The lowest BCUT2D eigenvalue weighted by Gasteiger charge is -2.10. The first kappa shape index (κ1) is 18.3. The molecule has 26 heavy (non-hydrogen) atoms. The van der Waals surface area contributed by atoms with Gasteiger partial charge in [0.2, 0.25) is 0 Å². The van der Waals surface area contributed by atoms with Crippen molar-refractivity contribution in [1.82, 2.24) is 4.98 Å². The second kappa shape index (κ2) is 7.83. The van der Waals surface area contributed by atoms with Gasteiger partial charge in [-0.15, -0.1) is 0 Å². The molecule has 2 N–H and O–H groups in total. The highest BCUT2D eigenvalue weighted by Crippen LogP contribution is 2.22. The molecule has 1 amide bonds. The van der Waals surface area contributed by atoms with Crippen molar-refractivity contribution < 1.29 is 13.2 Å². The van der Waals surface area contributed by atoms with Crippen LogP contribution in [0.4, 0.5) is 11.4 Å². The molecule has 3 rings (SSSR count). The number of para-hydroxylation sites is 1. The normalized spacial score (nSPS) is 11.0. The van der Waals surface area contributed by atoms with Gasteiger partial charge in [-0.3, -0.25) is 14.5 Å². The minimum atomic E-state index is -3.71. The molecule has 0 saturated heterocycles. The van der Waals surface area contributed by atoms with Crippen LogP contribution < -0.4 is 10.0 Å². The number of amides is 1. The second-order valence-electron chi connectivity index (χ2n) is 5.28. The van der Waals surface area contributed by atoms with Crippen molar-refractivity contribution in [3.05, 3.63) is 82.2 Å². The molecule has 0 aliphatic carbocycles. The third-order valence-corrected chi connectivity index (χ3v) is 5.76. The molecular weight excluding hydrogens is 465 g/mol. The van der Waals surface area contributed by atoms with E-state index in [0.717, 1.165) is 3.57 Å². The topological polar surface area (TPSA) is 88.2 Å². The monoisotopic (exact) mass is 479 g/mol. The standard InChI is InChI=1S/C18H14IN3O3S/c19-15-5-1-2-6-16(15)22-26(24,25)14-10-8-13(9-11-14)21-18(23)17-7-3-4-12-20-17/h1-12,22H,(H,21,23). The van der Waals surface area contributed by atoms with E-state index >= 15 is 0 Å². The van der Waals surface area contributed by atoms with E-state index in [4.69, 9.17) is 0 Å². The van der Waals surface area contributed by atoms with Crippen molar-refractivity contribution in [2.75, 3.05) is 10.0 Å². The Balaban J connectivity index is 1.74. The van der Waals surface area contributed by atoms with Gasteiger partial charge in [-0.05, 0) is 71.1 Å². The number of benzene rings is 2. The van der Waals surface area contributed by atoms with E-state index in [-0.39, 0.29) is 16.5 Å². The molecule has 3 aromatic rings. The van der Waals surface area contributed by atoms with Crippen LogP contribution in [0.15, 0.2) is 77.8 Å². The average Bonchev–Trinajstić information content (AvgIpc) is 2.65. The highest BCUT2D eigenvalue weighted by atomic mass is 127. The van der Waals surface area contributed by atoms with E-state index in [9.17, 15) is 13.2 Å². The van der Waals surface area contributed by atoms with Crippen LogP contribution in [0.25, 0.3) is 0 Å². The molecule has 0 bridgehead atoms. The van der Waals surface area contributed by atoms with Gasteiger partial charge in [0.25, 0.3) is 15.9 Å². The molecule has 0 aliphatic rings. The number of rotatable bonds is 5. The zero-order valence-corrected chi connectivity index (χ0v) is 16.4. The summed E-state index contributed by atoms with van der Waals surface area (Å²) in [6.07, 6.45) is 1.53. The van der Waals surface area contributed by atoms with Crippen molar-refractivity contribution >= 4 is 49.9 Å². The summed E-state index contributed by atoms with van der Waals surface area (Å²) in [7, 11) is -3.71. The zero-order chi connectivity index (χ0) is 18.6. The number of carbonyl (C=O) groups excluding carboxylic acids is 1. The number of pyridine rings is 1. The third-order valence-electron chi connectivity index (χ3n) is 3.44. The van der Waals surface area contributed by atoms with E-state index in [1.807, 2.05) is 12.1 Å². The molecular formula is C18H14IN3O3S. The molecule has 0 atom stereocenters. The molecule has 1 aromatic heterocycles. The number of anilines is 2. The van der Waals surface area contributed by atoms with Crippen LogP contribution in [-0.2, 0) is 10.0 Å². The SMILES string of the molecule is O=C(Nc1ccc(S(=O)(=O)Nc2ccccc2I)cc1)c1ccccn1. The molecule has 8 heteroatoms. The lowest BCUT2D eigenvalue weighted by atomic mass is 10.3. The molecule has 0 radical (unpaired) electrons. The van der Waals surface area contributed by atoms with Gasteiger partial charge in [-0.2, -0.15) is 0 Å². The number of nitrogens with zero attached hydrogens (tertiary/aromatic N) is 1. The lowest BCUT2D eigenvalue weighted by Crippen LogP contribution is -2.15. The van der Waals surface area contributed by atoms with Crippen LogP contribution in [0.1, 0.15) is 10.5 Å². The molecule has 0 fully saturated rings. The van der Waals surface area contributed by atoms with Crippen LogP contribution in [0.5, 0.6) is 0 Å². The van der Waals surface area contributed by atoms with Crippen LogP contribution in [0, 0.1) is 3.57 Å². The van der Waals surface area contributed by atoms with E-state index in [1.54, 1.807) is 30.3 Å². The van der Waals surface area contributed by atoms with Gasteiger partial charge in [0.15, 0.2) is 0 Å². The van der Waals surface area contributed by atoms with Gasteiger partial charge < -0.3 is 5.32 Å². The maximum Gasteiger partial charge on any atom is 0.274 e. The van der Waals surface area contributed by atoms with E-state index in [2.05, 4.69) is 37.6 Å². The predicted molar refractivity (Wildman–Crippen MR) is 109 cm³/mol. The molecule has 0 spiro atoms. The summed E-state index contributed by atoms with van der Waals surface area (Å²) in [6.45, 7) is 0. The summed E-state index contributed by atoms with van der Waals surface area (Å²) in [6, 6.07) is 18.1. The van der Waals surface area contributed by atoms with Crippen LogP contribution in [0.2, 0.25) is 0 Å². The highest BCUT2D eigenvalue weighted by Gasteiger charge is 2.16. The second-order valence-corrected chi connectivity index (χ2v) is 8.12. The number of sulfonamides is 1. The maximum absolute atomic E-state index is 12.5. The Hall–Kier alpha value is -2.46. The predicted octanol–water partition coefficient (Wildman–Crippen LogP) is 3.74. The summed E-state index contributed by atoms with van der Waals surface area (Å²) in [5.41, 5.74) is 1.28. The number of carbonyl (C=O) groups is 1. The molecule has 0 aliphatic heterocycles. The van der Waals surface area contributed by atoms with E-state index < -0.39 is 10.0 Å². The van der Waals surface area contributed by atoms with Gasteiger partial charge in [-0.25, -0.2) is 8.42 Å². The van der Waals surface area contributed by atoms with Crippen LogP contribution in [-0.4, -0.2) is 19.3 Å². The molecule has 132 valence electrons. The summed E-state index contributed by atoms with van der Waals surface area (Å²) < 4.78 is 28.3. The Morgan fingerprint density at radius 1 is 0.923 bits per heavy atom. The minimum Gasteiger partial charge on any atom is -0.321 e. The van der Waals surface area contributed by atoms with Gasteiger partial charge in [-0.1, -0.05) is 18.2 Å². The lowest BCUT2D eigenvalue weighted by molar-refractivity contribution is 0.102. The molecule has 0 saturated carbocycles. The van der Waals surface area contributed by atoms with Gasteiger partial charge >= 0.3 is 0 Å². The maximum atomic E-state index is 12.5. The van der Waals surface area contributed by atoms with Crippen LogP contribution in [0.3, 0.4) is 0 Å². The summed E-state index contributed by atoms with van der Waals surface area (Å²) in [4.78, 5) is 16.1. The Kier molecular flexibility index (Phi) is 5.52. The van der Waals surface area contributed by atoms with Gasteiger partial charge in [0, 0.05) is 15.5 Å². The Morgan fingerprint density at radius 2 is 1.62 bits per heavy atom. The van der Waals surface area contributed by atoms with Gasteiger partial charge in [0.05, 0.1) is 10.6 Å². The zero-order valence-electron chi connectivity index (χ0n) is 13.4. The minimum absolute atomic E-state index is 0.105. The Morgan fingerprint density at radius 3 is 2.27 bits per heavy atom. The van der Waals surface area contributed by atoms with E-state index in [1.165, 1.54) is 30.5 Å². The quantitative estimate of drug-likeness (QED) is 0.546. The number of halogens is 1. The largest absolute Gasteiger partial charge is 0.321 e. The van der Waals surface area contributed by atoms with Crippen molar-refractivity contribution in [3.8, 4) is 0 Å². The van der Waals surface area contributed by atoms with Crippen molar-refractivity contribution in [2.45, 2.75) is 4.90 Å².